The summed E-state index contributed by atoms with van der Waals surface area (Å²) in [6, 6.07) is 6.99. The molecule has 1 aromatic carbocycles. The van der Waals surface area contributed by atoms with Gasteiger partial charge in [0.1, 0.15) is 17.1 Å². The van der Waals surface area contributed by atoms with Gasteiger partial charge < -0.3 is 28.8 Å². The lowest BCUT2D eigenvalue weighted by atomic mass is 10.1. The number of esters is 1. The molecule has 4 rings (SSSR count). The summed E-state index contributed by atoms with van der Waals surface area (Å²) in [5.74, 6) is -0.0164. The summed E-state index contributed by atoms with van der Waals surface area (Å²) in [4.78, 5) is 34.0. The minimum Gasteiger partial charge on any atom is -0.497 e. The Bertz CT molecular complexity index is 1600. The molecular weight excluding hydrogens is 549 g/mol. The second-order valence-corrected chi connectivity index (χ2v) is 8.43. The largest absolute Gasteiger partial charge is 0.497 e. The van der Waals surface area contributed by atoms with Crippen LogP contribution in [0, 0.1) is 0 Å². The summed E-state index contributed by atoms with van der Waals surface area (Å²) in [5, 5.41) is 6.63. The van der Waals surface area contributed by atoms with E-state index in [4.69, 9.17) is 18.9 Å². The van der Waals surface area contributed by atoms with Crippen LogP contribution < -0.4 is 20.3 Å². The van der Waals surface area contributed by atoms with E-state index in [-0.39, 0.29) is 41.6 Å². The van der Waals surface area contributed by atoms with Crippen molar-refractivity contribution in [3.05, 3.63) is 70.5 Å². The van der Waals surface area contributed by atoms with E-state index in [1.807, 2.05) is 0 Å². The maximum absolute atomic E-state index is 13.4. The summed E-state index contributed by atoms with van der Waals surface area (Å²) in [7, 11) is 5.53. The lowest BCUT2D eigenvalue weighted by molar-refractivity contribution is -0.141. The molecule has 41 heavy (non-hydrogen) atoms. The molecule has 0 aliphatic rings. The van der Waals surface area contributed by atoms with E-state index < -0.39 is 23.4 Å². The Morgan fingerprint density at radius 2 is 1.76 bits per heavy atom. The van der Waals surface area contributed by atoms with Gasteiger partial charge in [0.05, 0.1) is 27.9 Å². The predicted octanol–water partition coefficient (Wildman–Crippen LogP) is 3.70. The number of benzene rings is 1. The van der Waals surface area contributed by atoms with Crippen molar-refractivity contribution in [2.45, 2.75) is 12.7 Å². The van der Waals surface area contributed by atoms with Crippen LogP contribution in [0.25, 0.3) is 16.9 Å². The van der Waals surface area contributed by atoms with Crippen molar-refractivity contribution >= 4 is 17.6 Å². The highest BCUT2D eigenvalue weighted by molar-refractivity contribution is 5.90. The third-order valence-electron chi connectivity index (χ3n) is 5.81. The minimum absolute atomic E-state index is 0.00371. The number of hydrogen-bond acceptors (Lipinski definition) is 10. The summed E-state index contributed by atoms with van der Waals surface area (Å²) in [5.41, 5.74) is -1.19. The number of aromatic nitrogens is 5. The zero-order valence-electron chi connectivity index (χ0n) is 22.4. The van der Waals surface area contributed by atoms with Gasteiger partial charge in [0.25, 0.3) is 5.56 Å². The molecule has 216 valence electrons. The van der Waals surface area contributed by atoms with Crippen molar-refractivity contribution in [2.24, 2.45) is 0 Å². The predicted molar refractivity (Wildman–Crippen MR) is 140 cm³/mol. The number of pyridine rings is 1. The van der Waals surface area contributed by atoms with Crippen LogP contribution in [-0.4, -0.2) is 65.3 Å². The third kappa shape index (κ3) is 6.46. The molecule has 0 fully saturated rings. The molecular formula is C26H25F3N6O6. The van der Waals surface area contributed by atoms with E-state index in [1.165, 1.54) is 44.4 Å². The fourth-order valence-corrected chi connectivity index (χ4v) is 3.81. The van der Waals surface area contributed by atoms with Crippen LogP contribution in [-0.2, 0) is 22.2 Å². The third-order valence-corrected chi connectivity index (χ3v) is 5.81. The van der Waals surface area contributed by atoms with Crippen molar-refractivity contribution in [1.29, 1.82) is 0 Å². The van der Waals surface area contributed by atoms with E-state index >= 15 is 0 Å². The maximum Gasteiger partial charge on any atom is 0.435 e. The summed E-state index contributed by atoms with van der Waals surface area (Å²) >= 11 is 0. The molecule has 3 aromatic heterocycles. The molecule has 4 aromatic rings. The van der Waals surface area contributed by atoms with Crippen molar-refractivity contribution < 1.29 is 36.9 Å². The Morgan fingerprint density at radius 3 is 2.34 bits per heavy atom. The SMILES string of the molecule is COCCn1cc(-c2cnc(Nc3cc(OC)cc(OC)c3)nc2-n2ccc(C(F)(F)F)n2)cc(C(=O)OC)c1=O. The molecule has 0 radical (unpaired) electrons. The van der Waals surface area contributed by atoms with Crippen LogP contribution in [0.5, 0.6) is 11.5 Å². The van der Waals surface area contributed by atoms with Gasteiger partial charge in [0.2, 0.25) is 5.95 Å². The van der Waals surface area contributed by atoms with Gasteiger partial charge in [-0.25, -0.2) is 14.5 Å². The van der Waals surface area contributed by atoms with E-state index in [1.54, 1.807) is 18.2 Å². The number of carbonyl (C=O) groups is 1. The van der Waals surface area contributed by atoms with Gasteiger partial charge in [-0.15, -0.1) is 0 Å². The van der Waals surface area contributed by atoms with Gasteiger partial charge in [-0.3, -0.25) is 4.79 Å². The van der Waals surface area contributed by atoms with Gasteiger partial charge in [0.15, 0.2) is 11.5 Å². The molecule has 0 amide bonds. The molecule has 1 N–H and O–H groups in total. The molecule has 0 atom stereocenters. The Labute approximate surface area is 231 Å². The zero-order valence-corrected chi connectivity index (χ0v) is 22.4. The van der Waals surface area contributed by atoms with Crippen molar-refractivity contribution in [1.82, 2.24) is 24.3 Å². The number of halogens is 3. The number of hydrogen-bond donors (Lipinski definition) is 1. The van der Waals surface area contributed by atoms with Gasteiger partial charge >= 0.3 is 12.1 Å². The molecule has 0 saturated heterocycles. The molecule has 0 aliphatic heterocycles. The fourth-order valence-electron chi connectivity index (χ4n) is 3.81. The highest BCUT2D eigenvalue weighted by Crippen LogP contribution is 2.32. The number of alkyl halides is 3. The van der Waals surface area contributed by atoms with Gasteiger partial charge in [0, 0.05) is 67.3 Å². The van der Waals surface area contributed by atoms with E-state index in [0.717, 1.165) is 24.1 Å². The first-order valence-electron chi connectivity index (χ1n) is 11.9. The standard InChI is InChI=1S/C26H25F3N6O6/c1-38-8-7-34-14-15(9-19(23(34)36)24(37)41-4)20-13-30-25(31-16-10-17(39-2)12-18(11-16)40-3)32-22(20)35-6-5-21(33-35)26(27,28)29/h5-6,9-14H,7-8H2,1-4H3,(H,30,31,32). The molecule has 0 saturated carbocycles. The molecule has 15 heteroatoms. The molecule has 0 spiro atoms. The highest BCUT2D eigenvalue weighted by Gasteiger charge is 2.34. The first-order valence-corrected chi connectivity index (χ1v) is 11.9. The second kappa shape index (κ2) is 12.1. The molecule has 0 bridgehead atoms. The van der Waals surface area contributed by atoms with Crippen molar-refractivity contribution in [3.63, 3.8) is 0 Å². The maximum atomic E-state index is 13.4. The number of ether oxygens (including phenoxy) is 4. The number of nitrogens with zero attached hydrogens (tertiary/aromatic N) is 5. The van der Waals surface area contributed by atoms with E-state index in [9.17, 15) is 22.8 Å². The first kappa shape index (κ1) is 29.1. The molecule has 12 nitrogen and oxygen atoms in total. The van der Waals surface area contributed by atoms with Crippen molar-refractivity contribution in [2.75, 3.05) is 40.4 Å². The lowest BCUT2D eigenvalue weighted by Gasteiger charge is -2.15. The minimum atomic E-state index is -4.71. The Hall–Kier alpha value is -4.92. The number of rotatable bonds is 10. The van der Waals surface area contributed by atoms with Gasteiger partial charge in [-0.2, -0.15) is 23.3 Å². The monoisotopic (exact) mass is 574 g/mol. The van der Waals surface area contributed by atoms with Crippen LogP contribution in [0.3, 0.4) is 0 Å². The average Bonchev–Trinajstić information content (AvgIpc) is 3.47. The second-order valence-electron chi connectivity index (χ2n) is 8.43. The van der Waals surface area contributed by atoms with Gasteiger partial charge in [-0.05, 0) is 12.1 Å². The quantitative estimate of drug-likeness (QED) is 0.280. The van der Waals surface area contributed by atoms with Crippen LogP contribution in [0.4, 0.5) is 24.8 Å². The van der Waals surface area contributed by atoms with E-state index in [0.29, 0.717) is 17.2 Å². The summed E-state index contributed by atoms with van der Waals surface area (Å²) in [6.07, 6.45) is -0.861. The van der Waals surface area contributed by atoms with E-state index in [2.05, 4.69) is 20.4 Å². The lowest BCUT2D eigenvalue weighted by Crippen LogP contribution is -2.28. The molecule has 3 heterocycles. The van der Waals surface area contributed by atoms with Gasteiger partial charge in [-0.1, -0.05) is 0 Å². The van der Waals surface area contributed by atoms with Crippen molar-refractivity contribution in [3.8, 4) is 28.4 Å². The highest BCUT2D eigenvalue weighted by atomic mass is 19.4. The Kier molecular flexibility index (Phi) is 8.56. The number of methoxy groups -OCH3 is 4. The van der Waals surface area contributed by atoms with Crippen LogP contribution in [0.2, 0.25) is 0 Å². The smallest absolute Gasteiger partial charge is 0.435 e. The number of nitrogens with one attached hydrogen (secondary N) is 1. The molecule has 0 aliphatic carbocycles. The Morgan fingerprint density at radius 1 is 1.05 bits per heavy atom. The number of carbonyl (C=O) groups excluding carboxylic acids is 1. The Balaban J connectivity index is 1.90. The average molecular weight is 575 g/mol. The molecule has 0 unspecified atom stereocenters. The van der Waals surface area contributed by atoms with Crippen LogP contribution in [0.15, 0.2) is 53.7 Å². The number of anilines is 2. The van der Waals surface area contributed by atoms with Crippen LogP contribution in [0.1, 0.15) is 16.1 Å². The normalized spacial score (nSPS) is 11.3. The fraction of sp³-hybridized carbons (Fsp3) is 0.269. The summed E-state index contributed by atoms with van der Waals surface area (Å²) in [6.45, 7) is 0.231. The first-order chi connectivity index (χ1) is 19.6. The summed E-state index contributed by atoms with van der Waals surface area (Å²) < 4.78 is 62.7. The topological polar surface area (TPSA) is 132 Å². The zero-order chi connectivity index (χ0) is 29.7. The van der Waals surface area contributed by atoms with Crippen LogP contribution >= 0.6 is 0 Å².